The maximum atomic E-state index is 13.4. The van der Waals surface area contributed by atoms with Gasteiger partial charge in [0.25, 0.3) is 11.5 Å². The molecule has 0 bridgehead atoms. The number of fused-ring (bicyclic) bond motifs is 1. The molecule has 180 valence electrons. The summed E-state index contributed by atoms with van der Waals surface area (Å²) in [6.45, 7) is 6.85. The molecule has 0 radical (unpaired) electrons. The third kappa shape index (κ3) is 4.44. The minimum absolute atomic E-state index is 0.0493. The molecule has 4 rings (SSSR count). The Morgan fingerprint density at radius 1 is 1.26 bits per heavy atom. The van der Waals surface area contributed by atoms with Crippen molar-refractivity contribution in [3.63, 3.8) is 0 Å². The Hall–Kier alpha value is -3.20. The summed E-state index contributed by atoms with van der Waals surface area (Å²) in [5.41, 5.74) is 0.933. The molecule has 3 aromatic rings. The van der Waals surface area contributed by atoms with Gasteiger partial charge in [0.2, 0.25) is 5.91 Å². The fourth-order valence-electron chi connectivity index (χ4n) is 4.45. The minimum atomic E-state index is -0.298. The monoisotopic (exact) mass is 482 g/mol. The molecule has 1 saturated heterocycles. The van der Waals surface area contributed by atoms with E-state index in [0.717, 1.165) is 25.8 Å². The average molecular weight is 483 g/mol. The van der Waals surface area contributed by atoms with Crippen molar-refractivity contribution in [1.82, 2.24) is 14.5 Å². The second-order valence-corrected chi connectivity index (χ2v) is 9.61. The second-order valence-electron chi connectivity index (χ2n) is 8.61. The normalized spacial score (nSPS) is 16.0. The molecule has 0 saturated carbocycles. The molecular formula is C25H30N4O4S. The summed E-state index contributed by atoms with van der Waals surface area (Å²) in [4.78, 5) is 48.3. The quantitative estimate of drug-likeness (QED) is 0.533. The Morgan fingerprint density at radius 2 is 2.03 bits per heavy atom. The van der Waals surface area contributed by atoms with E-state index in [2.05, 4.69) is 4.98 Å². The zero-order valence-electron chi connectivity index (χ0n) is 20.0. The number of hydrogen-bond acceptors (Lipinski definition) is 6. The van der Waals surface area contributed by atoms with Gasteiger partial charge < -0.3 is 14.5 Å². The number of nitrogens with zero attached hydrogens (tertiary/aromatic N) is 4. The lowest BCUT2D eigenvalue weighted by Gasteiger charge is -2.33. The molecule has 0 aliphatic carbocycles. The van der Waals surface area contributed by atoms with E-state index in [1.807, 2.05) is 43.0 Å². The van der Waals surface area contributed by atoms with Crippen molar-refractivity contribution in [3.8, 4) is 5.75 Å². The lowest BCUT2D eigenvalue weighted by molar-refractivity contribution is -0.135. The fourth-order valence-corrected chi connectivity index (χ4v) is 5.57. The Bertz CT molecular complexity index is 1280. The first kappa shape index (κ1) is 23.9. The van der Waals surface area contributed by atoms with Crippen LogP contribution in [-0.4, -0.2) is 52.5 Å². The van der Waals surface area contributed by atoms with Crippen molar-refractivity contribution in [2.24, 2.45) is 0 Å². The van der Waals surface area contributed by atoms with E-state index in [0.29, 0.717) is 38.7 Å². The number of hydrogen-bond donors (Lipinski definition) is 0. The van der Waals surface area contributed by atoms with Crippen molar-refractivity contribution in [1.29, 1.82) is 0 Å². The van der Waals surface area contributed by atoms with Gasteiger partial charge in [-0.05, 0) is 57.7 Å². The number of thiophene rings is 1. The Morgan fingerprint density at radius 3 is 2.76 bits per heavy atom. The van der Waals surface area contributed by atoms with Crippen LogP contribution in [0.15, 0.2) is 35.4 Å². The maximum Gasteiger partial charge on any atom is 0.268 e. The summed E-state index contributed by atoms with van der Waals surface area (Å²) in [6.07, 6.45) is 4.49. The number of para-hydroxylation sites is 2. The van der Waals surface area contributed by atoms with E-state index >= 15 is 0 Å². The number of anilines is 1. The number of amides is 2. The first-order valence-electron chi connectivity index (χ1n) is 11.6. The van der Waals surface area contributed by atoms with E-state index < -0.39 is 0 Å². The van der Waals surface area contributed by atoms with Crippen LogP contribution in [0.1, 0.15) is 48.3 Å². The number of benzene rings is 1. The van der Waals surface area contributed by atoms with Crippen LogP contribution in [0.4, 0.5) is 5.69 Å². The van der Waals surface area contributed by atoms with Crippen molar-refractivity contribution >= 4 is 39.1 Å². The Kier molecular flexibility index (Phi) is 7.02. The second kappa shape index (κ2) is 9.97. The molecule has 2 amide bonds. The molecule has 9 heteroatoms. The standard InChI is InChI=1S/C25H30N4O4S/c1-5-33-19-12-7-6-11-18(19)27(4)25(32)22-17(3)21-23(34-22)26-15-28(24(21)31)14-20(30)29-13-9-8-10-16(29)2/h6-7,11-12,15-16H,5,8-10,13-14H2,1-4H3/t16-/m0/s1. The first-order valence-corrected chi connectivity index (χ1v) is 12.4. The van der Waals surface area contributed by atoms with Gasteiger partial charge in [0.05, 0.1) is 28.9 Å². The van der Waals surface area contributed by atoms with Crippen LogP contribution in [0.2, 0.25) is 0 Å². The molecule has 1 aromatic carbocycles. The third-order valence-electron chi connectivity index (χ3n) is 6.37. The number of aryl methyl sites for hydroxylation is 1. The lowest BCUT2D eigenvalue weighted by atomic mass is 10.0. The van der Waals surface area contributed by atoms with Crippen LogP contribution in [0, 0.1) is 6.92 Å². The van der Waals surface area contributed by atoms with E-state index in [4.69, 9.17) is 4.74 Å². The Labute approximate surface area is 202 Å². The number of rotatable bonds is 6. The van der Waals surface area contributed by atoms with Gasteiger partial charge in [0.15, 0.2) is 0 Å². The summed E-state index contributed by atoms with van der Waals surface area (Å²) >= 11 is 1.19. The number of carbonyl (C=O) groups excluding carboxylic acids is 2. The van der Waals surface area contributed by atoms with Crippen molar-refractivity contribution in [2.45, 2.75) is 52.6 Å². The summed E-state index contributed by atoms with van der Waals surface area (Å²) < 4.78 is 7.03. The highest BCUT2D eigenvalue weighted by molar-refractivity contribution is 7.20. The molecule has 8 nitrogen and oxygen atoms in total. The molecule has 1 atom stereocenters. The van der Waals surface area contributed by atoms with Crippen LogP contribution in [0.25, 0.3) is 10.2 Å². The van der Waals surface area contributed by atoms with Crippen LogP contribution in [-0.2, 0) is 11.3 Å². The predicted octanol–water partition coefficient (Wildman–Crippen LogP) is 3.84. The fraction of sp³-hybridized carbons (Fsp3) is 0.440. The number of carbonyl (C=O) groups is 2. The van der Waals surface area contributed by atoms with Crippen LogP contribution < -0.4 is 15.2 Å². The van der Waals surface area contributed by atoms with Crippen molar-refractivity contribution < 1.29 is 14.3 Å². The zero-order chi connectivity index (χ0) is 24.4. The van der Waals surface area contributed by atoms with Gasteiger partial charge in [0.1, 0.15) is 17.1 Å². The molecule has 3 heterocycles. The average Bonchev–Trinajstić information content (AvgIpc) is 3.17. The molecule has 1 aliphatic rings. The highest BCUT2D eigenvalue weighted by atomic mass is 32.1. The molecule has 0 N–H and O–H groups in total. The van der Waals surface area contributed by atoms with Gasteiger partial charge >= 0.3 is 0 Å². The number of likely N-dealkylation sites (tertiary alicyclic amines) is 1. The molecule has 1 aliphatic heterocycles. The third-order valence-corrected chi connectivity index (χ3v) is 7.56. The van der Waals surface area contributed by atoms with Crippen LogP contribution in [0.3, 0.4) is 0 Å². The van der Waals surface area contributed by atoms with E-state index in [9.17, 15) is 14.4 Å². The van der Waals surface area contributed by atoms with Crippen molar-refractivity contribution in [2.75, 3.05) is 25.1 Å². The number of piperidine rings is 1. The van der Waals surface area contributed by atoms with E-state index in [1.165, 1.54) is 27.1 Å². The minimum Gasteiger partial charge on any atom is -0.492 e. The highest BCUT2D eigenvalue weighted by Crippen LogP contribution is 2.32. The van der Waals surface area contributed by atoms with Gasteiger partial charge in [-0.1, -0.05) is 12.1 Å². The van der Waals surface area contributed by atoms with Gasteiger partial charge in [-0.25, -0.2) is 4.98 Å². The highest BCUT2D eigenvalue weighted by Gasteiger charge is 2.26. The van der Waals surface area contributed by atoms with Crippen LogP contribution in [0.5, 0.6) is 5.75 Å². The summed E-state index contributed by atoms with van der Waals surface area (Å²) in [5, 5.41) is 0.391. The number of ether oxygens (including phenoxy) is 1. The summed E-state index contributed by atoms with van der Waals surface area (Å²) in [5.74, 6) is 0.300. The van der Waals surface area contributed by atoms with E-state index in [-0.39, 0.29) is 30.0 Å². The smallest absolute Gasteiger partial charge is 0.268 e. The number of aromatic nitrogens is 2. The van der Waals surface area contributed by atoms with Gasteiger partial charge in [-0.2, -0.15) is 0 Å². The largest absolute Gasteiger partial charge is 0.492 e. The molecule has 1 fully saturated rings. The van der Waals surface area contributed by atoms with Gasteiger partial charge in [0, 0.05) is 19.6 Å². The maximum absolute atomic E-state index is 13.4. The zero-order valence-corrected chi connectivity index (χ0v) is 20.9. The molecule has 0 spiro atoms. The summed E-state index contributed by atoms with van der Waals surface area (Å²) in [7, 11) is 1.69. The molecule has 2 aromatic heterocycles. The SMILES string of the molecule is CCOc1ccccc1N(C)C(=O)c1sc2ncn(CC(=O)N3CCCC[C@@H]3C)c(=O)c2c1C. The van der Waals surface area contributed by atoms with Crippen molar-refractivity contribution in [3.05, 3.63) is 51.4 Å². The van der Waals surface area contributed by atoms with Crippen LogP contribution >= 0.6 is 11.3 Å². The lowest BCUT2D eigenvalue weighted by Crippen LogP contribution is -2.44. The molecule has 0 unspecified atom stereocenters. The van der Waals surface area contributed by atoms with Gasteiger partial charge in [-0.3, -0.25) is 19.0 Å². The topological polar surface area (TPSA) is 84.7 Å². The predicted molar refractivity (Wildman–Crippen MR) is 134 cm³/mol. The summed E-state index contributed by atoms with van der Waals surface area (Å²) in [6, 6.07) is 7.52. The molecular weight excluding hydrogens is 452 g/mol. The first-order chi connectivity index (χ1) is 16.3. The Balaban J connectivity index is 1.64. The van der Waals surface area contributed by atoms with Gasteiger partial charge in [-0.15, -0.1) is 11.3 Å². The van der Waals surface area contributed by atoms with E-state index in [1.54, 1.807) is 14.0 Å². The molecule has 34 heavy (non-hydrogen) atoms.